The first-order valence-electron chi connectivity index (χ1n) is 11.0. The molecule has 37 heavy (non-hydrogen) atoms. The van der Waals surface area contributed by atoms with Gasteiger partial charge < -0.3 is 14.2 Å². The highest BCUT2D eigenvalue weighted by atomic mass is 32.2. The molecule has 0 aliphatic carbocycles. The van der Waals surface area contributed by atoms with E-state index in [-0.39, 0.29) is 33.8 Å². The maximum atomic E-state index is 12.8. The van der Waals surface area contributed by atoms with E-state index in [1.807, 2.05) is 6.92 Å². The van der Waals surface area contributed by atoms with Crippen LogP contribution in [0.5, 0.6) is 11.5 Å². The van der Waals surface area contributed by atoms with Gasteiger partial charge in [0.25, 0.3) is 11.1 Å². The second kappa shape index (κ2) is 10.9. The number of aryl methyl sites for hydroxylation is 1. The Morgan fingerprint density at radius 3 is 2.35 bits per heavy atom. The fraction of sp³-hybridized carbons (Fsp3) is 0.115. The minimum absolute atomic E-state index is 0.00330. The molecule has 1 saturated heterocycles. The molecular weight excluding hydrogens is 516 g/mol. The number of carbonyl (C=O) groups is 3. The molecule has 0 radical (unpaired) electrons. The van der Waals surface area contributed by atoms with Crippen molar-refractivity contribution in [1.29, 1.82) is 0 Å². The second-order valence-corrected chi connectivity index (χ2v) is 10.6. The molecule has 1 fully saturated rings. The molecular formula is C26H22N2O7S2. The zero-order valence-electron chi connectivity index (χ0n) is 19.8. The lowest BCUT2D eigenvalue weighted by Crippen LogP contribution is -2.17. The Morgan fingerprint density at radius 1 is 1.03 bits per heavy atom. The van der Waals surface area contributed by atoms with E-state index in [1.54, 1.807) is 42.5 Å². The second-order valence-electron chi connectivity index (χ2n) is 8.07. The van der Waals surface area contributed by atoms with Crippen LogP contribution in [0.3, 0.4) is 0 Å². The molecule has 0 saturated carbocycles. The van der Waals surface area contributed by atoms with Crippen molar-refractivity contribution in [2.45, 2.75) is 25.3 Å². The average molecular weight is 539 g/mol. The maximum absolute atomic E-state index is 12.8. The Hall–Kier alpha value is -4.09. The first-order chi connectivity index (χ1) is 17.6. The highest BCUT2D eigenvalue weighted by Gasteiger charge is 2.26. The Balaban J connectivity index is 1.61. The third-order valence-electron chi connectivity index (χ3n) is 5.10. The molecule has 9 nitrogen and oxygen atoms in total. The molecule has 2 N–H and O–H groups in total. The maximum Gasteiger partial charge on any atom is 0.339 e. The quantitative estimate of drug-likeness (QED) is 0.314. The monoisotopic (exact) mass is 538 g/mol. The van der Waals surface area contributed by atoms with Gasteiger partial charge in [0.2, 0.25) is 5.91 Å². The van der Waals surface area contributed by atoms with Gasteiger partial charge >= 0.3 is 10.1 Å². The third-order valence-corrected chi connectivity index (χ3v) is 7.17. The number of nitrogens with one attached hydrogen (secondary N) is 2. The summed E-state index contributed by atoms with van der Waals surface area (Å²) in [5, 5.41) is 4.39. The van der Waals surface area contributed by atoms with E-state index >= 15 is 0 Å². The molecule has 0 aromatic heterocycles. The van der Waals surface area contributed by atoms with Gasteiger partial charge in [-0.15, -0.1) is 0 Å². The van der Waals surface area contributed by atoms with Crippen molar-refractivity contribution in [3.63, 3.8) is 0 Å². The van der Waals surface area contributed by atoms with Crippen LogP contribution in [-0.2, 0) is 26.3 Å². The van der Waals surface area contributed by atoms with Gasteiger partial charge in [0.1, 0.15) is 23.0 Å². The molecule has 0 spiro atoms. The fourth-order valence-corrected chi connectivity index (χ4v) is 4.90. The van der Waals surface area contributed by atoms with Gasteiger partial charge in [0.05, 0.1) is 4.91 Å². The van der Waals surface area contributed by atoms with Crippen molar-refractivity contribution < 1.29 is 31.7 Å². The van der Waals surface area contributed by atoms with Crippen LogP contribution in [0, 0.1) is 6.92 Å². The Labute approximate surface area is 218 Å². The van der Waals surface area contributed by atoms with E-state index in [1.165, 1.54) is 37.3 Å². The van der Waals surface area contributed by atoms with Crippen molar-refractivity contribution >= 4 is 50.7 Å². The summed E-state index contributed by atoms with van der Waals surface area (Å²) in [6, 6.07) is 17.6. The number of amides is 3. The predicted octanol–water partition coefficient (Wildman–Crippen LogP) is 4.62. The number of thioether (sulfide) groups is 1. The SMILES string of the molecule is CC(=O)Nc1ccc(COc2cc(OS(=O)(=O)c3ccc(C)cc3)ccc2/C=C2\SC(=O)NC2=O)cc1. The number of hydrogen-bond donors (Lipinski definition) is 2. The highest BCUT2D eigenvalue weighted by molar-refractivity contribution is 8.18. The molecule has 3 amide bonds. The molecule has 11 heteroatoms. The first-order valence-corrected chi connectivity index (χ1v) is 13.2. The molecule has 1 aliphatic heterocycles. The summed E-state index contributed by atoms with van der Waals surface area (Å²) in [5.41, 5.74) is 2.76. The predicted molar refractivity (Wildman–Crippen MR) is 140 cm³/mol. The van der Waals surface area contributed by atoms with Crippen LogP contribution in [0.4, 0.5) is 10.5 Å². The molecule has 1 aliphatic rings. The number of benzene rings is 3. The lowest BCUT2D eigenvalue weighted by molar-refractivity contribution is -0.115. The number of imide groups is 1. The first kappa shape index (κ1) is 26.0. The Bertz CT molecular complexity index is 1500. The summed E-state index contributed by atoms with van der Waals surface area (Å²) in [7, 11) is -4.10. The van der Waals surface area contributed by atoms with Crippen LogP contribution in [0.1, 0.15) is 23.6 Å². The van der Waals surface area contributed by atoms with Gasteiger partial charge in [-0.05, 0) is 66.7 Å². The van der Waals surface area contributed by atoms with E-state index in [0.717, 1.165) is 22.9 Å². The van der Waals surface area contributed by atoms with Gasteiger partial charge in [-0.25, -0.2) is 0 Å². The van der Waals surface area contributed by atoms with Crippen LogP contribution in [0.15, 0.2) is 76.5 Å². The number of rotatable bonds is 8. The van der Waals surface area contributed by atoms with Crippen LogP contribution in [0.25, 0.3) is 6.08 Å². The summed E-state index contributed by atoms with van der Waals surface area (Å²) < 4.78 is 36.8. The topological polar surface area (TPSA) is 128 Å². The lowest BCUT2D eigenvalue weighted by Gasteiger charge is -2.13. The van der Waals surface area contributed by atoms with Crippen LogP contribution in [-0.4, -0.2) is 25.5 Å². The van der Waals surface area contributed by atoms with Crippen molar-refractivity contribution in [3.8, 4) is 11.5 Å². The van der Waals surface area contributed by atoms with Crippen LogP contribution < -0.4 is 19.6 Å². The van der Waals surface area contributed by atoms with Gasteiger partial charge in [-0.1, -0.05) is 29.8 Å². The Morgan fingerprint density at radius 2 is 1.73 bits per heavy atom. The molecule has 0 atom stereocenters. The number of anilines is 1. The van der Waals surface area contributed by atoms with E-state index in [2.05, 4.69) is 10.6 Å². The van der Waals surface area contributed by atoms with E-state index in [9.17, 15) is 22.8 Å². The zero-order chi connectivity index (χ0) is 26.6. The molecule has 1 heterocycles. The molecule has 0 unspecified atom stereocenters. The molecule has 3 aromatic carbocycles. The molecule has 190 valence electrons. The van der Waals surface area contributed by atoms with Gasteiger partial charge in [-0.2, -0.15) is 8.42 Å². The van der Waals surface area contributed by atoms with Crippen molar-refractivity contribution in [1.82, 2.24) is 5.32 Å². The highest BCUT2D eigenvalue weighted by Crippen LogP contribution is 2.33. The van der Waals surface area contributed by atoms with E-state index in [0.29, 0.717) is 11.3 Å². The van der Waals surface area contributed by atoms with Crippen molar-refractivity contribution in [2.75, 3.05) is 5.32 Å². The Kier molecular flexibility index (Phi) is 7.65. The summed E-state index contributed by atoms with van der Waals surface area (Å²) in [6.45, 7) is 3.36. The third kappa shape index (κ3) is 6.78. The summed E-state index contributed by atoms with van der Waals surface area (Å²) in [4.78, 5) is 35.0. The van der Waals surface area contributed by atoms with Gasteiger partial charge in [0.15, 0.2) is 0 Å². The van der Waals surface area contributed by atoms with Crippen LogP contribution in [0.2, 0.25) is 0 Å². The summed E-state index contributed by atoms with van der Waals surface area (Å²) in [6.07, 6.45) is 1.48. The zero-order valence-corrected chi connectivity index (χ0v) is 21.4. The minimum Gasteiger partial charge on any atom is -0.488 e. The fourth-order valence-electron chi connectivity index (χ4n) is 3.30. The summed E-state index contributed by atoms with van der Waals surface area (Å²) >= 11 is 0.755. The van der Waals surface area contributed by atoms with Crippen molar-refractivity contribution in [2.24, 2.45) is 0 Å². The van der Waals surface area contributed by atoms with E-state index in [4.69, 9.17) is 8.92 Å². The van der Waals surface area contributed by atoms with Gasteiger partial charge in [-0.3, -0.25) is 19.7 Å². The number of hydrogen-bond acceptors (Lipinski definition) is 8. The molecule has 4 rings (SSSR count). The lowest BCUT2D eigenvalue weighted by atomic mass is 10.1. The summed E-state index contributed by atoms with van der Waals surface area (Å²) in [5.74, 6) is -0.468. The molecule has 3 aromatic rings. The van der Waals surface area contributed by atoms with Crippen molar-refractivity contribution in [3.05, 3.63) is 88.3 Å². The minimum atomic E-state index is -4.10. The number of carbonyl (C=O) groups excluding carboxylic acids is 3. The molecule has 0 bridgehead atoms. The smallest absolute Gasteiger partial charge is 0.339 e. The number of ether oxygens (including phenoxy) is 1. The normalized spacial score (nSPS) is 14.4. The van der Waals surface area contributed by atoms with Crippen LogP contribution >= 0.6 is 11.8 Å². The van der Waals surface area contributed by atoms with E-state index < -0.39 is 21.3 Å². The van der Waals surface area contributed by atoms with Gasteiger partial charge in [0, 0.05) is 24.2 Å². The standard InChI is InChI=1S/C26H22N2O7S2/c1-16-3-11-22(12-4-16)37(32,33)35-21-10-7-19(13-24-25(30)28-26(31)36-24)23(14-21)34-15-18-5-8-20(9-6-18)27-17(2)29/h3-14H,15H2,1-2H3,(H,27,29)(H,28,30,31)/b24-13-. The largest absolute Gasteiger partial charge is 0.488 e. The average Bonchev–Trinajstić information content (AvgIpc) is 3.16.